The molecule has 3 N–H and O–H groups in total. The SMILES string of the molecule is CCCOc1ncccc1CNC(=NC)NCC(=O)NC(C)(C)C. The molecule has 0 saturated carbocycles. The average molecular weight is 335 g/mol. The van der Waals surface area contributed by atoms with E-state index in [2.05, 4.69) is 32.9 Å². The zero-order valence-electron chi connectivity index (χ0n) is 15.3. The fraction of sp³-hybridized carbons (Fsp3) is 0.588. The molecule has 0 fully saturated rings. The minimum atomic E-state index is -0.253. The number of amides is 1. The molecule has 0 radical (unpaired) electrons. The molecule has 0 bridgehead atoms. The number of carbonyl (C=O) groups excluding carboxylic acids is 1. The van der Waals surface area contributed by atoms with Crippen molar-refractivity contribution in [2.45, 2.75) is 46.2 Å². The van der Waals surface area contributed by atoms with E-state index < -0.39 is 0 Å². The fourth-order valence-corrected chi connectivity index (χ4v) is 1.91. The van der Waals surface area contributed by atoms with E-state index >= 15 is 0 Å². The van der Waals surface area contributed by atoms with Crippen molar-refractivity contribution in [1.29, 1.82) is 0 Å². The van der Waals surface area contributed by atoms with Crippen LogP contribution in [0.1, 0.15) is 39.7 Å². The smallest absolute Gasteiger partial charge is 0.239 e. The van der Waals surface area contributed by atoms with Gasteiger partial charge in [-0.3, -0.25) is 9.79 Å². The van der Waals surface area contributed by atoms with Crippen molar-refractivity contribution in [3.05, 3.63) is 23.9 Å². The van der Waals surface area contributed by atoms with Gasteiger partial charge in [0, 0.05) is 30.9 Å². The van der Waals surface area contributed by atoms with Gasteiger partial charge < -0.3 is 20.7 Å². The highest BCUT2D eigenvalue weighted by molar-refractivity contribution is 5.86. The molecule has 1 aromatic heterocycles. The minimum Gasteiger partial charge on any atom is -0.477 e. The van der Waals surface area contributed by atoms with Crippen LogP contribution in [0, 0.1) is 0 Å². The zero-order valence-corrected chi connectivity index (χ0v) is 15.3. The molecule has 0 aliphatic rings. The summed E-state index contributed by atoms with van der Waals surface area (Å²) >= 11 is 0. The first-order chi connectivity index (χ1) is 11.4. The summed E-state index contributed by atoms with van der Waals surface area (Å²) in [6.07, 6.45) is 2.63. The molecule has 1 heterocycles. The maximum Gasteiger partial charge on any atom is 0.239 e. The third-order valence-electron chi connectivity index (χ3n) is 2.89. The van der Waals surface area contributed by atoms with Gasteiger partial charge in [0.25, 0.3) is 0 Å². The number of rotatable bonds is 7. The van der Waals surface area contributed by atoms with Crippen LogP contribution >= 0.6 is 0 Å². The largest absolute Gasteiger partial charge is 0.477 e. The number of aromatic nitrogens is 1. The summed E-state index contributed by atoms with van der Waals surface area (Å²) in [5, 5.41) is 9.04. The minimum absolute atomic E-state index is 0.0844. The monoisotopic (exact) mass is 335 g/mol. The van der Waals surface area contributed by atoms with E-state index in [1.54, 1.807) is 13.2 Å². The number of nitrogens with one attached hydrogen (secondary N) is 3. The van der Waals surface area contributed by atoms with Crippen molar-refractivity contribution in [3.63, 3.8) is 0 Å². The molecule has 0 atom stereocenters. The molecule has 1 aromatic rings. The molecule has 134 valence electrons. The molecule has 7 nitrogen and oxygen atoms in total. The Morgan fingerprint density at radius 1 is 1.33 bits per heavy atom. The van der Waals surface area contributed by atoms with Crippen LogP contribution in [0.15, 0.2) is 23.3 Å². The third kappa shape index (κ3) is 7.80. The molecular weight excluding hydrogens is 306 g/mol. The van der Waals surface area contributed by atoms with Gasteiger partial charge in [0.2, 0.25) is 11.8 Å². The summed E-state index contributed by atoms with van der Waals surface area (Å²) in [6.45, 7) is 9.17. The number of pyridine rings is 1. The molecule has 0 unspecified atom stereocenters. The Hall–Kier alpha value is -2.31. The van der Waals surface area contributed by atoms with Gasteiger partial charge in [0.05, 0.1) is 13.2 Å². The average Bonchev–Trinajstić information content (AvgIpc) is 2.52. The van der Waals surface area contributed by atoms with Gasteiger partial charge in [0.1, 0.15) is 0 Å². The Kier molecular flexibility index (Phi) is 8.01. The van der Waals surface area contributed by atoms with Crippen LogP contribution in [-0.2, 0) is 11.3 Å². The van der Waals surface area contributed by atoms with Crippen molar-refractivity contribution < 1.29 is 9.53 Å². The highest BCUT2D eigenvalue weighted by atomic mass is 16.5. The van der Waals surface area contributed by atoms with E-state index in [4.69, 9.17) is 4.74 Å². The first kappa shape index (κ1) is 19.7. The van der Waals surface area contributed by atoms with E-state index in [-0.39, 0.29) is 18.0 Å². The van der Waals surface area contributed by atoms with Crippen LogP contribution in [0.4, 0.5) is 0 Å². The van der Waals surface area contributed by atoms with Crippen LogP contribution < -0.4 is 20.7 Å². The second kappa shape index (κ2) is 9.75. The van der Waals surface area contributed by atoms with Crippen molar-refractivity contribution in [2.75, 3.05) is 20.2 Å². The van der Waals surface area contributed by atoms with E-state index in [9.17, 15) is 4.79 Å². The lowest BCUT2D eigenvalue weighted by atomic mass is 10.1. The van der Waals surface area contributed by atoms with E-state index in [0.717, 1.165) is 12.0 Å². The Labute approximate surface area is 144 Å². The van der Waals surface area contributed by atoms with Gasteiger partial charge in [-0.2, -0.15) is 0 Å². The molecule has 0 spiro atoms. The van der Waals surface area contributed by atoms with Crippen LogP contribution in [0.3, 0.4) is 0 Å². The number of carbonyl (C=O) groups is 1. The van der Waals surface area contributed by atoms with Crippen LogP contribution in [0.2, 0.25) is 0 Å². The number of nitrogens with zero attached hydrogens (tertiary/aromatic N) is 2. The lowest BCUT2D eigenvalue weighted by Gasteiger charge is -2.21. The lowest BCUT2D eigenvalue weighted by molar-refractivity contribution is -0.121. The molecule has 0 saturated heterocycles. The van der Waals surface area contributed by atoms with Crippen molar-refractivity contribution in [1.82, 2.24) is 20.9 Å². The van der Waals surface area contributed by atoms with E-state index in [1.807, 2.05) is 32.9 Å². The maximum absolute atomic E-state index is 11.8. The van der Waals surface area contributed by atoms with Gasteiger partial charge >= 0.3 is 0 Å². The first-order valence-corrected chi connectivity index (χ1v) is 8.18. The maximum atomic E-state index is 11.8. The van der Waals surface area contributed by atoms with Crippen LogP contribution in [0.25, 0.3) is 0 Å². The molecule has 0 aliphatic heterocycles. The quantitative estimate of drug-likeness (QED) is 0.518. The highest BCUT2D eigenvalue weighted by Crippen LogP contribution is 2.14. The third-order valence-corrected chi connectivity index (χ3v) is 2.89. The molecule has 1 rings (SSSR count). The topological polar surface area (TPSA) is 87.6 Å². The normalized spacial score (nSPS) is 11.8. The van der Waals surface area contributed by atoms with Crippen molar-refractivity contribution in [3.8, 4) is 5.88 Å². The summed E-state index contributed by atoms with van der Waals surface area (Å²) in [5.74, 6) is 1.08. The standard InChI is InChI=1S/C17H29N5O2/c1-6-10-24-15-13(8-7-9-19-15)11-20-16(18-5)21-12-14(23)22-17(2,3)4/h7-9H,6,10-12H2,1-5H3,(H,22,23)(H2,18,20,21). The summed E-state index contributed by atoms with van der Waals surface area (Å²) in [6, 6.07) is 3.81. The van der Waals surface area contributed by atoms with Gasteiger partial charge in [-0.05, 0) is 33.3 Å². The number of hydrogen-bond acceptors (Lipinski definition) is 4. The number of aliphatic imine (C=N–C) groups is 1. The Balaban J connectivity index is 2.51. The van der Waals surface area contributed by atoms with Gasteiger partial charge in [-0.25, -0.2) is 4.98 Å². The van der Waals surface area contributed by atoms with E-state index in [0.29, 0.717) is 25.0 Å². The molecular formula is C17H29N5O2. The summed E-state index contributed by atoms with van der Waals surface area (Å²) < 4.78 is 5.63. The van der Waals surface area contributed by atoms with Gasteiger partial charge in [-0.15, -0.1) is 0 Å². The van der Waals surface area contributed by atoms with Crippen LogP contribution in [0.5, 0.6) is 5.88 Å². The van der Waals surface area contributed by atoms with Gasteiger partial charge in [0.15, 0.2) is 5.96 Å². The van der Waals surface area contributed by atoms with Crippen molar-refractivity contribution >= 4 is 11.9 Å². The number of guanidine groups is 1. The molecule has 24 heavy (non-hydrogen) atoms. The fourth-order valence-electron chi connectivity index (χ4n) is 1.91. The molecule has 0 aliphatic carbocycles. The number of hydrogen-bond donors (Lipinski definition) is 3. The molecule has 0 aromatic carbocycles. The predicted octanol–water partition coefficient (Wildman–Crippen LogP) is 1.45. The molecule has 7 heteroatoms. The predicted molar refractivity (Wildman–Crippen MR) is 96.1 cm³/mol. The first-order valence-electron chi connectivity index (χ1n) is 8.18. The summed E-state index contributed by atoms with van der Waals surface area (Å²) in [5.41, 5.74) is 0.685. The highest BCUT2D eigenvalue weighted by Gasteiger charge is 2.13. The van der Waals surface area contributed by atoms with Gasteiger partial charge in [-0.1, -0.05) is 13.0 Å². The Bertz CT molecular complexity index is 552. The molecule has 1 amide bonds. The van der Waals surface area contributed by atoms with Crippen LogP contribution in [-0.4, -0.2) is 42.6 Å². The Morgan fingerprint density at radius 3 is 2.71 bits per heavy atom. The summed E-state index contributed by atoms with van der Waals surface area (Å²) in [4.78, 5) is 20.2. The lowest BCUT2D eigenvalue weighted by Crippen LogP contribution is -2.48. The zero-order chi connectivity index (χ0) is 18.0. The summed E-state index contributed by atoms with van der Waals surface area (Å²) in [7, 11) is 1.66. The number of ether oxygens (including phenoxy) is 1. The van der Waals surface area contributed by atoms with E-state index in [1.165, 1.54) is 0 Å². The van der Waals surface area contributed by atoms with Crippen molar-refractivity contribution in [2.24, 2.45) is 4.99 Å². The second-order valence-corrected chi connectivity index (χ2v) is 6.39. The Morgan fingerprint density at radius 2 is 2.08 bits per heavy atom. The second-order valence-electron chi connectivity index (χ2n) is 6.39.